The highest BCUT2D eigenvalue weighted by molar-refractivity contribution is 14.0. The summed E-state index contributed by atoms with van der Waals surface area (Å²) in [5.41, 5.74) is 3.80. The number of guanidine groups is 1. The van der Waals surface area contributed by atoms with Crippen molar-refractivity contribution < 1.29 is 9.53 Å². The van der Waals surface area contributed by atoms with Crippen LogP contribution in [-0.4, -0.2) is 54.6 Å². The topological polar surface area (TPSA) is 69.7 Å². The molecule has 1 aliphatic rings. The van der Waals surface area contributed by atoms with Crippen LogP contribution in [0.15, 0.2) is 29.4 Å². The number of carbonyl (C=O) groups excluding carboxylic acids is 1. The number of aromatic nitrogens is 1. The lowest BCUT2D eigenvalue weighted by atomic mass is 9.97. The van der Waals surface area contributed by atoms with Crippen LogP contribution in [0.1, 0.15) is 37.8 Å². The van der Waals surface area contributed by atoms with Gasteiger partial charge in [-0.15, -0.1) is 24.0 Å². The Labute approximate surface area is 190 Å². The van der Waals surface area contributed by atoms with Gasteiger partial charge in [0.1, 0.15) is 0 Å². The van der Waals surface area contributed by atoms with Gasteiger partial charge in [-0.1, -0.05) is 12.1 Å². The summed E-state index contributed by atoms with van der Waals surface area (Å²) in [6.07, 6.45) is 4.65. The van der Waals surface area contributed by atoms with Crippen LogP contribution in [0.2, 0.25) is 0 Å². The number of piperidine rings is 1. The largest absolute Gasteiger partial charge is 0.466 e. The second-order valence-corrected chi connectivity index (χ2v) is 7.31. The first-order valence-electron chi connectivity index (χ1n) is 10.4. The number of H-pyrrole nitrogens is 1. The number of aryl methyl sites for hydroxylation is 1. The van der Waals surface area contributed by atoms with E-state index in [2.05, 4.69) is 53.4 Å². The Kier molecular flexibility index (Phi) is 9.26. The van der Waals surface area contributed by atoms with Crippen molar-refractivity contribution in [3.8, 4) is 0 Å². The minimum Gasteiger partial charge on any atom is -0.466 e. The van der Waals surface area contributed by atoms with Crippen LogP contribution < -0.4 is 5.32 Å². The number of aliphatic imine (C=N–C) groups is 1. The van der Waals surface area contributed by atoms with Crippen LogP contribution >= 0.6 is 24.0 Å². The van der Waals surface area contributed by atoms with Gasteiger partial charge in [0.05, 0.1) is 12.5 Å². The molecular weight excluding hydrogens is 479 g/mol. The molecule has 0 saturated carbocycles. The van der Waals surface area contributed by atoms with Crippen molar-refractivity contribution >= 4 is 46.8 Å². The van der Waals surface area contributed by atoms with Crippen LogP contribution in [0, 0.1) is 12.8 Å². The van der Waals surface area contributed by atoms with Crippen LogP contribution in [0.3, 0.4) is 0 Å². The van der Waals surface area contributed by atoms with Gasteiger partial charge in [0, 0.05) is 43.3 Å². The molecule has 0 radical (unpaired) electrons. The molecule has 6 nitrogen and oxygen atoms in total. The molecule has 1 aromatic heterocycles. The van der Waals surface area contributed by atoms with Crippen molar-refractivity contribution in [2.45, 2.75) is 40.0 Å². The molecule has 1 saturated heterocycles. The fraction of sp³-hybridized carbons (Fsp3) is 0.545. The predicted molar refractivity (Wildman–Crippen MR) is 129 cm³/mol. The van der Waals surface area contributed by atoms with Gasteiger partial charge in [-0.3, -0.25) is 9.79 Å². The number of hydrogen-bond donors (Lipinski definition) is 2. The maximum Gasteiger partial charge on any atom is 0.309 e. The van der Waals surface area contributed by atoms with Crippen LogP contribution in [-0.2, 0) is 16.0 Å². The Morgan fingerprint density at radius 1 is 1.31 bits per heavy atom. The van der Waals surface area contributed by atoms with E-state index in [1.807, 2.05) is 6.92 Å². The van der Waals surface area contributed by atoms with E-state index in [4.69, 9.17) is 9.73 Å². The third kappa shape index (κ3) is 5.87. The van der Waals surface area contributed by atoms with Crippen molar-refractivity contribution in [2.75, 3.05) is 32.8 Å². The fourth-order valence-corrected chi connectivity index (χ4v) is 3.94. The Morgan fingerprint density at radius 2 is 2.07 bits per heavy atom. The molecule has 0 atom stereocenters. The number of nitrogens with one attached hydrogen (secondary N) is 2. The van der Waals surface area contributed by atoms with Gasteiger partial charge in [-0.05, 0) is 57.2 Å². The normalized spacial score (nSPS) is 15.3. The summed E-state index contributed by atoms with van der Waals surface area (Å²) in [6.45, 7) is 9.80. The van der Waals surface area contributed by atoms with Gasteiger partial charge in [-0.25, -0.2) is 0 Å². The number of benzene rings is 1. The minimum absolute atomic E-state index is 0. The van der Waals surface area contributed by atoms with Crippen molar-refractivity contribution in [3.63, 3.8) is 0 Å². The van der Waals surface area contributed by atoms with Gasteiger partial charge in [-0.2, -0.15) is 0 Å². The molecule has 0 spiro atoms. The van der Waals surface area contributed by atoms with Crippen molar-refractivity contribution in [1.82, 2.24) is 15.2 Å². The maximum atomic E-state index is 11.9. The van der Waals surface area contributed by atoms with E-state index < -0.39 is 0 Å². The molecule has 2 heterocycles. The van der Waals surface area contributed by atoms with Gasteiger partial charge < -0.3 is 19.9 Å². The molecule has 2 aromatic rings. The van der Waals surface area contributed by atoms with Gasteiger partial charge in [0.2, 0.25) is 0 Å². The highest BCUT2D eigenvalue weighted by Gasteiger charge is 2.27. The monoisotopic (exact) mass is 512 g/mol. The van der Waals surface area contributed by atoms with Crippen LogP contribution in [0.5, 0.6) is 0 Å². The van der Waals surface area contributed by atoms with E-state index in [1.165, 1.54) is 22.0 Å². The molecule has 160 valence electrons. The molecule has 3 rings (SSSR count). The van der Waals surface area contributed by atoms with Crippen molar-refractivity contribution in [2.24, 2.45) is 10.9 Å². The quantitative estimate of drug-likeness (QED) is 0.267. The maximum absolute atomic E-state index is 11.9. The molecule has 0 amide bonds. The number of aromatic amines is 1. The minimum atomic E-state index is -0.0567. The smallest absolute Gasteiger partial charge is 0.309 e. The lowest BCUT2D eigenvalue weighted by Crippen LogP contribution is -2.46. The standard InChI is InChI=1S/C22H32N4O2.HI/c1-4-23-22(26-13-10-17(11-14-26)21(27)28-5-2)24-12-9-18-15-25-19-8-6-7-16(3)20(18)19;/h6-8,15,17,25H,4-5,9-14H2,1-3H3,(H,23,24);1H. The number of halogens is 1. The number of esters is 1. The first-order valence-corrected chi connectivity index (χ1v) is 10.4. The summed E-state index contributed by atoms with van der Waals surface area (Å²) in [7, 11) is 0. The zero-order valence-corrected chi connectivity index (χ0v) is 20.0. The van der Waals surface area contributed by atoms with Crippen molar-refractivity contribution in [1.29, 1.82) is 0 Å². The number of ether oxygens (including phenoxy) is 1. The van der Waals surface area contributed by atoms with Crippen LogP contribution in [0.4, 0.5) is 0 Å². The van der Waals surface area contributed by atoms with E-state index in [1.54, 1.807) is 0 Å². The molecule has 1 aromatic carbocycles. The number of carbonyl (C=O) groups is 1. The molecule has 29 heavy (non-hydrogen) atoms. The highest BCUT2D eigenvalue weighted by Crippen LogP contribution is 2.23. The van der Waals surface area contributed by atoms with E-state index in [0.717, 1.165) is 51.4 Å². The molecular formula is C22H33IN4O2. The third-order valence-electron chi connectivity index (χ3n) is 5.39. The molecule has 1 aliphatic heterocycles. The average Bonchev–Trinajstić information content (AvgIpc) is 3.12. The molecule has 0 unspecified atom stereocenters. The summed E-state index contributed by atoms with van der Waals surface area (Å²) >= 11 is 0. The summed E-state index contributed by atoms with van der Waals surface area (Å²) in [5.74, 6) is 0.911. The summed E-state index contributed by atoms with van der Waals surface area (Å²) in [4.78, 5) is 22.4. The third-order valence-corrected chi connectivity index (χ3v) is 5.39. The van der Waals surface area contributed by atoms with E-state index in [-0.39, 0.29) is 35.9 Å². The second kappa shape index (κ2) is 11.4. The molecule has 0 aliphatic carbocycles. The Balaban J connectivity index is 0.00000300. The number of likely N-dealkylation sites (tertiary alicyclic amines) is 1. The second-order valence-electron chi connectivity index (χ2n) is 7.31. The average molecular weight is 512 g/mol. The Morgan fingerprint density at radius 3 is 2.76 bits per heavy atom. The van der Waals surface area contributed by atoms with E-state index >= 15 is 0 Å². The lowest BCUT2D eigenvalue weighted by Gasteiger charge is -2.33. The number of fused-ring (bicyclic) bond motifs is 1. The summed E-state index contributed by atoms with van der Waals surface area (Å²) in [5, 5.41) is 4.72. The first-order chi connectivity index (χ1) is 13.6. The van der Waals surface area contributed by atoms with E-state index in [9.17, 15) is 4.79 Å². The number of hydrogen-bond acceptors (Lipinski definition) is 3. The Bertz CT molecular complexity index is 825. The lowest BCUT2D eigenvalue weighted by molar-refractivity contribution is -0.149. The summed E-state index contributed by atoms with van der Waals surface area (Å²) in [6, 6.07) is 6.35. The van der Waals surface area contributed by atoms with E-state index in [0.29, 0.717) is 6.61 Å². The molecule has 0 bridgehead atoms. The van der Waals surface area contributed by atoms with Crippen LogP contribution in [0.25, 0.3) is 10.9 Å². The number of nitrogens with zero attached hydrogens (tertiary/aromatic N) is 2. The fourth-order valence-electron chi connectivity index (χ4n) is 3.94. The van der Waals surface area contributed by atoms with Crippen molar-refractivity contribution in [3.05, 3.63) is 35.5 Å². The van der Waals surface area contributed by atoms with Gasteiger partial charge in [0.15, 0.2) is 5.96 Å². The first kappa shape index (κ1) is 23.5. The zero-order valence-electron chi connectivity index (χ0n) is 17.7. The molecule has 1 fully saturated rings. The highest BCUT2D eigenvalue weighted by atomic mass is 127. The summed E-state index contributed by atoms with van der Waals surface area (Å²) < 4.78 is 5.17. The zero-order chi connectivity index (χ0) is 19.9. The molecule has 7 heteroatoms. The Hall–Kier alpha value is -1.77. The predicted octanol–water partition coefficient (Wildman–Crippen LogP) is 3.88. The van der Waals surface area contributed by atoms with Gasteiger partial charge >= 0.3 is 5.97 Å². The van der Waals surface area contributed by atoms with Gasteiger partial charge in [0.25, 0.3) is 0 Å². The molecule has 2 N–H and O–H groups in total. The SMILES string of the molecule is CCNC(=NCCc1c[nH]c2cccc(C)c12)N1CCC(C(=O)OCC)CC1.I. The number of rotatable bonds is 6.